The number of hydrogen-bond donors (Lipinski definition) is 0. The molecule has 0 radical (unpaired) electrons. The highest BCUT2D eigenvalue weighted by molar-refractivity contribution is 5.99. The molecule has 1 aromatic rings. The molecule has 0 aliphatic rings. The molecular weight excluding hydrogens is 195 g/mol. The standard InChI is InChI=1S/C12H15FO2/c1-3-11(15-4-2)12(14)9-5-7-10(13)8-6-9/h5-8,11H,3-4H2,1-2H3. The van der Waals surface area contributed by atoms with Gasteiger partial charge in [-0.25, -0.2) is 4.39 Å². The fourth-order valence-electron chi connectivity index (χ4n) is 1.38. The molecule has 3 heteroatoms. The van der Waals surface area contributed by atoms with Gasteiger partial charge >= 0.3 is 0 Å². The Morgan fingerprint density at radius 2 is 1.93 bits per heavy atom. The van der Waals surface area contributed by atoms with E-state index in [1.807, 2.05) is 13.8 Å². The number of carbonyl (C=O) groups excluding carboxylic acids is 1. The largest absolute Gasteiger partial charge is 0.370 e. The van der Waals surface area contributed by atoms with Crippen LogP contribution >= 0.6 is 0 Å². The minimum Gasteiger partial charge on any atom is -0.370 e. The van der Waals surface area contributed by atoms with Crippen molar-refractivity contribution in [2.45, 2.75) is 26.4 Å². The Balaban J connectivity index is 2.78. The fraction of sp³-hybridized carbons (Fsp3) is 0.417. The molecular formula is C12H15FO2. The van der Waals surface area contributed by atoms with Gasteiger partial charge in [-0.05, 0) is 37.6 Å². The van der Waals surface area contributed by atoms with Crippen LogP contribution in [0.3, 0.4) is 0 Å². The van der Waals surface area contributed by atoms with E-state index < -0.39 is 6.10 Å². The summed E-state index contributed by atoms with van der Waals surface area (Å²) in [5, 5.41) is 0. The normalized spacial score (nSPS) is 12.5. The van der Waals surface area contributed by atoms with E-state index in [-0.39, 0.29) is 11.6 Å². The molecule has 0 N–H and O–H groups in total. The molecule has 1 rings (SSSR count). The van der Waals surface area contributed by atoms with Crippen molar-refractivity contribution in [3.05, 3.63) is 35.6 Å². The molecule has 0 saturated carbocycles. The van der Waals surface area contributed by atoms with Gasteiger partial charge in [-0.15, -0.1) is 0 Å². The van der Waals surface area contributed by atoms with Crippen molar-refractivity contribution in [1.29, 1.82) is 0 Å². The third kappa shape index (κ3) is 3.13. The number of halogens is 1. The topological polar surface area (TPSA) is 26.3 Å². The first-order valence-electron chi connectivity index (χ1n) is 5.10. The monoisotopic (exact) mass is 210 g/mol. The maximum atomic E-state index is 12.6. The van der Waals surface area contributed by atoms with Crippen molar-refractivity contribution < 1.29 is 13.9 Å². The lowest BCUT2D eigenvalue weighted by atomic mass is 10.0. The Hall–Kier alpha value is -1.22. The molecule has 0 amide bonds. The van der Waals surface area contributed by atoms with Gasteiger partial charge in [0, 0.05) is 12.2 Å². The van der Waals surface area contributed by atoms with Crippen LogP contribution in [-0.2, 0) is 4.74 Å². The van der Waals surface area contributed by atoms with Gasteiger partial charge in [0.05, 0.1) is 0 Å². The zero-order valence-corrected chi connectivity index (χ0v) is 9.00. The Kier molecular flexibility index (Phi) is 4.43. The smallest absolute Gasteiger partial charge is 0.191 e. The molecule has 0 saturated heterocycles. The summed E-state index contributed by atoms with van der Waals surface area (Å²) in [6, 6.07) is 5.54. The van der Waals surface area contributed by atoms with Crippen LogP contribution in [0.4, 0.5) is 4.39 Å². The maximum Gasteiger partial charge on any atom is 0.191 e. The number of ketones is 1. The van der Waals surface area contributed by atoms with Crippen molar-refractivity contribution in [2.24, 2.45) is 0 Å². The van der Waals surface area contributed by atoms with Crippen molar-refractivity contribution >= 4 is 5.78 Å². The van der Waals surface area contributed by atoms with Gasteiger partial charge < -0.3 is 4.74 Å². The second-order valence-electron chi connectivity index (χ2n) is 3.22. The summed E-state index contributed by atoms with van der Waals surface area (Å²) in [5.41, 5.74) is 0.497. The summed E-state index contributed by atoms with van der Waals surface area (Å²) in [4.78, 5) is 11.8. The van der Waals surface area contributed by atoms with Crippen LogP contribution < -0.4 is 0 Å². The van der Waals surface area contributed by atoms with Crippen LogP contribution in [0.2, 0.25) is 0 Å². The molecule has 0 aliphatic carbocycles. The SMILES string of the molecule is CCOC(CC)C(=O)c1ccc(F)cc1. The van der Waals surface area contributed by atoms with Crippen molar-refractivity contribution in [3.8, 4) is 0 Å². The van der Waals surface area contributed by atoms with Gasteiger partial charge in [0.2, 0.25) is 0 Å². The van der Waals surface area contributed by atoms with Crippen molar-refractivity contribution in [3.63, 3.8) is 0 Å². The molecule has 0 heterocycles. The first kappa shape index (κ1) is 11.9. The molecule has 1 aromatic carbocycles. The first-order chi connectivity index (χ1) is 7.19. The van der Waals surface area contributed by atoms with Gasteiger partial charge in [0.1, 0.15) is 11.9 Å². The molecule has 1 unspecified atom stereocenters. The Labute approximate surface area is 89.1 Å². The third-order valence-corrected chi connectivity index (χ3v) is 2.16. The van der Waals surface area contributed by atoms with Crippen LogP contribution in [0, 0.1) is 5.82 Å². The van der Waals surface area contributed by atoms with E-state index in [1.165, 1.54) is 24.3 Å². The van der Waals surface area contributed by atoms with Crippen molar-refractivity contribution in [1.82, 2.24) is 0 Å². The van der Waals surface area contributed by atoms with Gasteiger partial charge in [-0.1, -0.05) is 6.92 Å². The lowest BCUT2D eigenvalue weighted by Gasteiger charge is -2.13. The maximum absolute atomic E-state index is 12.6. The molecule has 0 aromatic heterocycles. The van der Waals surface area contributed by atoms with Crippen LogP contribution in [0.25, 0.3) is 0 Å². The van der Waals surface area contributed by atoms with Crippen LogP contribution in [0.1, 0.15) is 30.6 Å². The number of rotatable bonds is 5. The molecule has 0 aliphatic heterocycles. The number of hydrogen-bond acceptors (Lipinski definition) is 2. The predicted octanol–water partition coefficient (Wildman–Crippen LogP) is 2.82. The Bertz CT molecular complexity index is 319. The second-order valence-corrected chi connectivity index (χ2v) is 3.22. The summed E-state index contributed by atoms with van der Waals surface area (Å²) < 4.78 is 17.9. The molecule has 0 bridgehead atoms. The van der Waals surface area contributed by atoms with Gasteiger partial charge in [0.15, 0.2) is 5.78 Å². The zero-order valence-electron chi connectivity index (χ0n) is 9.00. The van der Waals surface area contributed by atoms with E-state index in [9.17, 15) is 9.18 Å². The highest BCUT2D eigenvalue weighted by Gasteiger charge is 2.17. The number of ether oxygens (including phenoxy) is 1. The average molecular weight is 210 g/mol. The zero-order chi connectivity index (χ0) is 11.3. The minimum absolute atomic E-state index is 0.0839. The summed E-state index contributed by atoms with van der Waals surface area (Å²) >= 11 is 0. The highest BCUT2D eigenvalue weighted by Crippen LogP contribution is 2.10. The molecule has 0 fully saturated rings. The fourth-order valence-corrected chi connectivity index (χ4v) is 1.38. The minimum atomic E-state index is -0.416. The van der Waals surface area contributed by atoms with E-state index in [0.717, 1.165) is 0 Å². The van der Waals surface area contributed by atoms with E-state index in [2.05, 4.69) is 0 Å². The lowest BCUT2D eigenvalue weighted by molar-refractivity contribution is 0.0444. The molecule has 15 heavy (non-hydrogen) atoms. The first-order valence-corrected chi connectivity index (χ1v) is 5.10. The Morgan fingerprint density at radius 1 is 1.33 bits per heavy atom. The van der Waals surface area contributed by atoms with E-state index in [1.54, 1.807) is 0 Å². The summed E-state index contributed by atoms with van der Waals surface area (Å²) in [6.07, 6.45) is 0.213. The second kappa shape index (κ2) is 5.61. The van der Waals surface area contributed by atoms with Gasteiger partial charge in [0.25, 0.3) is 0 Å². The van der Waals surface area contributed by atoms with Crippen LogP contribution in [-0.4, -0.2) is 18.5 Å². The lowest BCUT2D eigenvalue weighted by Crippen LogP contribution is -2.23. The number of benzene rings is 1. The van der Waals surface area contributed by atoms with Crippen molar-refractivity contribution in [2.75, 3.05) is 6.61 Å². The Morgan fingerprint density at radius 3 is 2.40 bits per heavy atom. The quantitative estimate of drug-likeness (QED) is 0.698. The van der Waals surface area contributed by atoms with E-state index in [4.69, 9.17) is 4.74 Å². The summed E-state index contributed by atoms with van der Waals surface area (Å²) in [5.74, 6) is -0.421. The van der Waals surface area contributed by atoms with Crippen LogP contribution in [0.5, 0.6) is 0 Å². The average Bonchev–Trinajstić information content (AvgIpc) is 2.26. The van der Waals surface area contributed by atoms with Gasteiger partial charge in [-0.2, -0.15) is 0 Å². The van der Waals surface area contributed by atoms with Crippen LogP contribution in [0.15, 0.2) is 24.3 Å². The molecule has 82 valence electrons. The highest BCUT2D eigenvalue weighted by atomic mass is 19.1. The molecule has 2 nitrogen and oxygen atoms in total. The predicted molar refractivity (Wildman–Crippen MR) is 56.4 cm³/mol. The third-order valence-electron chi connectivity index (χ3n) is 2.16. The summed E-state index contributed by atoms with van der Waals surface area (Å²) in [7, 11) is 0. The molecule has 0 spiro atoms. The van der Waals surface area contributed by atoms with Gasteiger partial charge in [-0.3, -0.25) is 4.79 Å². The number of carbonyl (C=O) groups is 1. The number of Topliss-reactive ketones (excluding diaryl/α,β-unsaturated/α-hetero) is 1. The summed E-state index contributed by atoms with van der Waals surface area (Å²) in [6.45, 7) is 4.24. The molecule has 1 atom stereocenters. The van der Waals surface area contributed by atoms with E-state index in [0.29, 0.717) is 18.6 Å². The van der Waals surface area contributed by atoms with E-state index >= 15 is 0 Å².